The molecule has 0 saturated heterocycles. The second-order valence-corrected chi connectivity index (χ2v) is 7.05. The maximum absolute atomic E-state index is 12.2. The molecule has 0 spiro atoms. The average molecular weight is 297 g/mol. The van der Waals surface area contributed by atoms with Crippen LogP contribution in [0.1, 0.15) is 49.7 Å². The molecule has 1 aromatic carbocycles. The van der Waals surface area contributed by atoms with Crippen LogP contribution in [0.25, 0.3) is 0 Å². The van der Waals surface area contributed by atoms with Crippen molar-refractivity contribution in [2.75, 3.05) is 0 Å². The van der Waals surface area contributed by atoms with Gasteiger partial charge >= 0.3 is 0 Å². The van der Waals surface area contributed by atoms with E-state index in [0.717, 1.165) is 37.5 Å². The highest BCUT2D eigenvalue weighted by molar-refractivity contribution is 5.76. The van der Waals surface area contributed by atoms with E-state index in [0.29, 0.717) is 12.5 Å². The van der Waals surface area contributed by atoms with Crippen molar-refractivity contribution in [3.8, 4) is 0 Å². The first kappa shape index (κ1) is 15.3. The molecular formula is C20H27NO. The second-order valence-electron chi connectivity index (χ2n) is 7.05. The number of fused-ring (bicyclic) bond motifs is 1. The zero-order valence-corrected chi connectivity index (χ0v) is 13.4. The molecule has 2 atom stereocenters. The smallest absolute Gasteiger partial charge is 0.220 e. The lowest BCUT2D eigenvalue weighted by Crippen LogP contribution is -2.35. The van der Waals surface area contributed by atoms with Crippen molar-refractivity contribution in [3.63, 3.8) is 0 Å². The number of amides is 1. The number of carbonyl (C=O) groups is 1. The third kappa shape index (κ3) is 3.79. The monoisotopic (exact) mass is 297 g/mol. The zero-order valence-electron chi connectivity index (χ0n) is 13.4. The van der Waals surface area contributed by atoms with Gasteiger partial charge in [0.15, 0.2) is 0 Å². The Morgan fingerprint density at radius 1 is 1.18 bits per heavy atom. The Kier molecular flexibility index (Phi) is 4.97. The van der Waals surface area contributed by atoms with E-state index in [1.807, 2.05) is 6.08 Å². The molecule has 0 aliphatic heterocycles. The number of hydrogen-bond acceptors (Lipinski definition) is 1. The summed E-state index contributed by atoms with van der Waals surface area (Å²) in [5.74, 6) is 1.80. The SMILES string of the molecule is C=CCC1CCC(CCC(=O)NC2Cc3ccccc3C2)C1. The van der Waals surface area contributed by atoms with E-state index < -0.39 is 0 Å². The van der Waals surface area contributed by atoms with Crippen molar-refractivity contribution in [2.45, 2.75) is 57.4 Å². The fourth-order valence-electron chi connectivity index (χ4n) is 4.19. The largest absolute Gasteiger partial charge is 0.353 e. The van der Waals surface area contributed by atoms with Crippen molar-refractivity contribution >= 4 is 5.91 Å². The molecular weight excluding hydrogens is 270 g/mol. The zero-order chi connectivity index (χ0) is 15.4. The van der Waals surface area contributed by atoms with Gasteiger partial charge in [-0.3, -0.25) is 4.79 Å². The summed E-state index contributed by atoms with van der Waals surface area (Å²) in [7, 11) is 0. The summed E-state index contributed by atoms with van der Waals surface area (Å²) >= 11 is 0. The van der Waals surface area contributed by atoms with Crippen molar-refractivity contribution in [2.24, 2.45) is 11.8 Å². The van der Waals surface area contributed by atoms with E-state index >= 15 is 0 Å². The first-order valence-electron chi connectivity index (χ1n) is 8.71. The summed E-state index contributed by atoms with van der Waals surface area (Å²) in [4.78, 5) is 12.2. The molecule has 1 saturated carbocycles. The van der Waals surface area contributed by atoms with E-state index in [1.54, 1.807) is 0 Å². The van der Waals surface area contributed by atoms with Crippen molar-refractivity contribution in [3.05, 3.63) is 48.0 Å². The molecule has 0 radical (unpaired) electrons. The first-order valence-corrected chi connectivity index (χ1v) is 8.71. The van der Waals surface area contributed by atoms with Gasteiger partial charge in [-0.2, -0.15) is 0 Å². The van der Waals surface area contributed by atoms with Crippen LogP contribution in [0.5, 0.6) is 0 Å². The van der Waals surface area contributed by atoms with Gasteiger partial charge in [0.25, 0.3) is 0 Å². The van der Waals surface area contributed by atoms with E-state index in [9.17, 15) is 4.79 Å². The molecule has 1 aromatic rings. The van der Waals surface area contributed by atoms with Gasteiger partial charge in [0, 0.05) is 12.5 Å². The molecule has 2 aliphatic carbocycles. The van der Waals surface area contributed by atoms with E-state index in [4.69, 9.17) is 0 Å². The quantitative estimate of drug-likeness (QED) is 0.789. The van der Waals surface area contributed by atoms with Gasteiger partial charge < -0.3 is 5.32 Å². The molecule has 2 heteroatoms. The number of carbonyl (C=O) groups excluding carboxylic acids is 1. The van der Waals surface area contributed by atoms with Gasteiger partial charge in [0.05, 0.1) is 0 Å². The van der Waals surface area contributed by atoms with E-state index in [2.05, 4.69) is 36.2 Å². The molecule has 3 rings (SSSR count). The Morgan fingerprint density at radius 2 is 1.86 bits per heavy atom. The number of benzene rings is 1. The van der Waals surface area contributed by atoms with Gasteiger partial charge in [-0.05, 0) is 61.5 Å². The first-order chi connectivity index (χ1) is 10.7. The third-order valence-corrected chi connectivity index (χ3v) is 5.35. The van der Waals surface area contributed by atoms with Gasteiger partial charge in [0.1, 0.15) is 0 Å². The number of nitrogens with one attached hydrogen (secondary N) is 1. The van der Waals surface area contributed by atoms with Gasteiger partial charge in [-0.25, -0.2) is 0 Å². The summed E-state index contributed by atoms with van der Waals surface area (Å²) in [6.45, 7) is 3.83. The Labute approximate surface area is 134 Å². The Balaban J connectivity index is 1.38. The van der Waals surface area contributed by atoms with Crippen LogP contribution in [0.3, 0.4) is 0 Å². The van der Waals surface area contributed by atoms with Crippen LogP contribution < -0.4 is 5.32 Å². The molecule has 2 nitrogen and oxygen atoms in total. The van der Waals surface area contributed by atoms with E-state index in [1.165, 1.54) is 30.4 Å². The summed E-state index contributed by atoms with van der Waals surface area (Å²) in [5, 5.41) is 3.23. The van der Waals surface area contributed by atoms with Gasteiger partial charge in [-0.1, -0.05) is 36.8 Å². The van der Waals surface area contributed by atoms with Crippen LogP contribution in [-0.2, 0) is 17.6 Å². The lowest BCUT2D eigenvalue weighted by Gasteiger charge is -2.14. The summed E-state index contributed by atoms with van der Waals surface area (Å²) in [6.07, 6.45) is 10.8. The molecule has 1 N–H and O–H groups in total. The van der Waals surface area contributed by atoms with Crippen molar-refractivity contribution in [1.82, 2.24) is 5.32 Å². The Morgan fingerprint density at radius 3 is 2.55 bits per heavy atom. The molecule has 22 heavy (non-hydrogen) atoms. The standard InChI is InChI=1S/C20H27NO/c1-2-5-15-8-9-16(12-15)10-11-20(22)21-19-13-17-6-3-4-7-18(17)14-19/h2-4,6-7,15-16,19H,1,5,8-14H2,(H,21,22). The van der Waals surface area contributed by atoms with Gasteiger partial charge in [-0.15, -0.1) is 6.58 Å². The van der Waals surface area contributed by atoms with E-state index in [-0.39, 0.29) is 5.91 Å². The molecule has 0 aromatic heterocycles. The molecule has 0 heterocycles. The highest BCUT2D eigenvalue weighted by atomic mass is 16.1. The van der Waals surface area contributed by atoms with Crippen LogP contribution in [0.2, 0.25) is 0 Å². The maximum Gasteiger partial charge on any atom is 0.220 e. The summed E-state index contributed by atoms with van der Waals surface area (Å²) in [6, 6.07) is 8.84. The lowest BCUT2D eigenvalue weighted by atomic mass is 9.98. The van der Waals surface area contributed by atoms with Crippen LogP contribution in [0, 0.1) is 11.8 Å². The van der Waals surface area contributed by atoms with Crippen molar-refractivity contribution in [1.29, 1.82) is 0 Å². The number of allylic oxidation sites excluding steroid dienone is 1. The second kappa shape index (κ2) is 7.13. The van der Waals surface area contributed by atoms with Crippen LogP contribution in [0.15, 0.2) is 36.9 Å². The minimum Gasteiger partial charge on any atom is -0.353 e. The minimum atomic E-state index is 0.241. The molecule has 0 bridgehead atoms. The normalized spacial score (nSPS) is 24.2. The van der Waals surface area contributed by atoms with Crippen molar-refractivity contribution < 1.29 is 4.79 Å². The minimum absolute atomic E-state index is 0.241. The summed E-state index contributed by atoms with van der Waals surface area (Å²) in [5.41, 5.74) is 2.80. The Bertz CT molecular complexity index is 511. The predicted molar refractivity (Wildman–Crippen MR) is 90.7 cm³/mol. The average Bonchev–Trinajstić information content (AvgIpc) is 3.11. The Hall–Kier alpha value is -1.57. The molecule has 2 unspecified atom stereocenters. The highest BCUT2D eigenvalue weighted by Gasteiger charge is 2.25. The fourth-order valence-corrected chi connectivity index (χ4v) is 4.19. The molecule has 118 valence electrons. The lowest BCUT2D eigenvalue weighted by molar-refractivity contribution is -0.122. The topological polar surface area (TPSA) is 29.1 Å². The third-order valence-electron chi connectivity index (χ3n) is 5.35. The maximum atomic E-state index is 12.2. The van der Waals surface area contributed by atoms with Crippen LogP contribution in [-0.4, -0.2) is 11.9 Å². The van der Waals surface area contributed by atoms with Crippen LogP contribution >= 0.6 is 0 Å². The fraction of sp³-hybridized carbons (Fsp3) is 0.550. The number of hydrogen-bond donors (Lipinski definition) is 1. The molecule has 1 fully saturated rings. The van der Waals surface area contributed by atoms with Gasteiger partial charge in [0.2, 0.25) is 5.91 Å². The van der Waals surface area contributed by atoms with Crippen LogP contribution in [0.4, 0.5) is 0 Å². The number of rotatable bonds is 6. The predicted octanol–water partition coefficient (Wildman–Crippen LogP) is 4.04. The molecule has 2 aliphatic rings. The summed E-state index contributed by atoms with van der Waals surface area (Å²) < 4.78 is 0. The molecule has 1 amide bonds. The highest BCUT2D eigenvalue weighted by Crippen LogP contribution is 2.35.